The first-order chi connectivity index (χ1) is 10.7. The van der Waals surface area contributed by atoms with Crippen molar-refractivity contribution in [2.75, 3.05) is 45.9 Å². The van der Waals surface area contributed by atoms with E-state index < -0.39 is 0 Å². The van der Waals surface area contributed by atoms with Crippen molar-refractivity contribution in [2.24, 2.45) is 0 Å². The Balaban J connectivity index is 1.49. The number of hydrogen-bond donors (Lipinski definition) is 0. The molecule has 2 aliphatic heterocycles. The lowest BCUT2D eigenvalue weighted by molar-refractivity contribution is 0.0359. The zero-order valence-corrected chi connectivity index (χ0v) is 14.2. The quantitative estimate of drug-likeness (QED) is 0.832. The molecule has 22 heavy (non-hydrogen) atoms. The molecule has 0 atom stereocenters. The van der Waals surface area contributed by atoms with Gasteiger partial charge in [-0.25, -0.2) is 0 Å². The van der Waals surface area contributed by atoms with Gasteiger partial charge < -0.3 is 4.74 Å². The fraction of sp³-hybridized carbons (Fsp3) is 0.684. The third-order valence-electron chi connectivity index (χ3n) is 5.04. The Hall–Kier alpha value is -0.900. The van der Waals surface area contributed by atoms with E-state index in [0.717, 1.165) is 32.8 Å². The van der Waals surface area contributed by atoms with E-state index in [-0.39, 0.29) is 0 Å². The van der Waals surface area contributed by atoms with Crippen LogP contribution in [0.2, 0.25) is 0 Å². The first-order valence-electron chi connectivity index (χ1n) is 8.86. The molecular formula is C19H30N2O. The SMILES string of the molecule is CC(C)c1ccc2c(c1)CN(CCCN1CCOCC1)CC2. The average molecular weight is 302 g/mol. The van der Waals surface area contributed by atoms with Crippen molar-refractivity contribution in [2.45, 2.75) is 39.2 Å². The molecule has 2 heterocycles. The summed E-state index contributed by atoms with van der Waals surface area (Å²) >= 11 is 0. The van der Waals surface area contributed by atoms with Crippen LogP contribution in [0.3, 0.4) is 0 Å². The summed E-state index contributed by atoms with van der Waals surface area (Å²) in [6.07, 6.45) is 2.49. The molecule has 0 unspecified atom stereocenters. The first-order valence-corrected chi connectivity index (χ1v) is 8.86. The van der Waals surface area contributed by atoms with Gasteiger partial charge in [0.15, 0.2) is 0 Å². The molecule has 0 spiro atoms. The Bertz CT molecular complexity index is 480. The Morgan fingerprint density at radius 3 is 2.55 bits per heavy atom. The summed E-state index contributed by atoms with van der Waals surface area (Å²) < 4.78 is 5.41. The van der Waals surface area contributed by atoms with Crippen LogP contribution in [-0.4, -0.2) is 55.7 Å². The fourth-order valence-corrected chi connectivity index (χ4v) is 3.53. The zero-order valence-electron chi connectivity index (χ0n) is 14.2. The van der Waals surface area contributed by atoms with E-state index in [4.69, 9.17) is 4.74 Å². The number of rotatable bonds is 5. The lowest BCUT2D eigenvalue weighted by Gasteiger charge is -2.31. The molecule has 0 aliphatic carbocycles. The van der Waals surface area contributed by atoms with Crippen LogP contribution in [0.5, 0.6) is 0 Å². The summed E-state index contributed by atoms with van der Waals surface area (Å²) in [5.41, 5.74) is 4.60. The maximum absolute atomic E-state index is 5.41. The molecule has 1 saturated heterocycles. The van der Waals surface area contributed by atoms with Crippen molar-refractivity contribution >= 4 is 0 Å². The van der Waals surface area contributed by atoms with Crippen LogP contribution >= 0.6 is 0 Å². The minimum Gasteiger partial charge on any atom is -0.379 e. The molecule has 2 aliphatic rings. The molecule has 3 rings (SSSR count). The van der Waals surface area contributed by atoms with Gasteiger partial charge in [0.05, 0.1) is 13.2 Å². The highest BCUT2D eigenvalue weighted by atomic mass is 16.5. The highest BCUT2D eigenvalue weighted by molar-refractivity contribution is 5.35. The first kappa shape index (κ1) is 16.0. The molecule has 3 heteroatoms. The molecule has 0 N–H and O–H groups in total. The highest BCUT2D eigenvalue weighted by Gasteiger charge is 2.17. The van der Waals surface area contributed by atoms with Crippen LogP contribution in [-0.2, 0) is 17.7 Å². The van der Waals surface area contributed by atoms with Gasteiger partial charge >= 0.3 is 0 Å². The van der Waals surface area contributed by atoms with E-state index in [0.29, 0.717) is 5.92 Å². The van der Waals surface area contributed by atoms with Gasteiger partial charge in [0.2, 0.25) is 0 Å². The fourth-order valence-electron chi connectivity index (χ4n) is 3.53. The van der Waals surface area contributed by atoms with E-state index in [1.54, 1.807) is 11.1 Å². The number of nitrogens with zero attached hydrogens (tertiary/aromatic N) is 2. The third-order valence-corrected chi connectivity index (χ3v) is 5.04. The van der Waals surface area contributed by atoms with E-state index in [1.165, 1.54) is 38.0 Å². The summed E-state index contributed by atoms with van der Waals surface area (Å²) in [5, 5.41) is 0. The minimum atomic E-state index is 0.627. The average Bonchev–Trinajstić information content (AvgIpc) is 2.55. The summed E-state index contributed by atoms with van der Waals surface area (Å²) in [5.74, 6) is 0.627. The van der Waals surface area contributed by atoms with Gasteiger partial charge in [0.1, 0.15) is 0 Å². The molecule has 3 nitrogen and oxygen atoms in total. The summed E-state index contributed by atoms with van der Waals surface area (Å²) in [7, 11) is 0. The number of ether oxygens (including phenoxy) is 1. The summed E-state index contributed by atoms with van der Waals surface area (Å²) in [6, 6.07) is 7.11. The van der Waals surface area contributed by atoms with E-state index in [1.807, 2.05) is 0 Å². The molecule has 122 valence electrons. The Morgan fingerprint density at radius 1 is 1.00 bits per heavy atom. The number of morpholine rings is 1. The molecular weight excluding hydrogens is 272 g/mol. The van der Waals surface area contributed by atoms with Gasteiger partial charge in [0.25, 0.3) is 0 Å². The van der Waals surface area contributed by atoms with Crippen LogP contribution in [0, 0.1) is 0 Å². The molecule has 1 fully saturated rings. The van der Waals surface area contributed by atoms with Crippen molar-refractivity contribution in [3.05, 3.63) is 34.9 Å². The lowest BCUT2D eigenvalue weighted by atomic mass is 9.93. The second-order valence-corrected chi connectivity index (χ2v) is 7.02. The van der Waals surface area contributed by atoms with Crippen LogP contribution in [0.4, 0.5) is 0 Å². The molecule has 1 aromatic carbocycles. The van der Waals surface area contributed by atoms with E-state index in [9.17, 15) is 0 Å². The number of hydrogen-bond acceptors (Lipinski definition) is 3. The molecule has 0 amide bonds. The molecule has 0 aromatic heterocycles. The predicted octanol–water partition coefficient (Wildman–Crippen LogP) is 2.89. The predicted molar refractivity (Wildman–Crippen MR) is 91.4 cm³/mol. The van der Waals surface area contributed by atoms with Crippen molar-refractivity contribution in [3.8, 4) is 0 Å². The Kier molecular flexibility index (Phi) is 5.51. The molecule has 0 radical (unpaired) electrons. The highest BCUT2D eigenvalue weighted by Crippen LogP contribution is 2.24. The van der Waals surface area contributed by atoms with Crippen LogP contribution in [0.25, 0.3) is 0 Å². The normalized spacial score (nSPS) is 20.3. The van der Waals surface area contributed by atoms with Crippen molar-refractivity contribution < 1.29 is 4.74 Å². The van der Waals surface area contributed by atoms with E-state index in [2.05, 4.69) is 41.8 Å². The monoisotopic (exact) mass is 302 g/mol. The minimum absolute atomic E-state index is 0.627. The number of benzene rings is 1. The summed E-state index contributed by atoms with van der Waals surface area (Å²) in [6.45, 7) is 13.4. The maximum Gasteiger partial charge on any atom is 0.0594 e. The van der Waals surface area contributed by atoms with Crippen LogP contribution in [0.1, 0.15) is 42.9 Å². The lowest BCUT2D eigenvalue weighted by Crippen LogP contribution is -2.38. The van der Waals surface area contributed by atoms with Gasteiger partial charge in [-0.1, -0.05) is 32.0 Å². The van der Waals surface area contributed by atoms with Crippen molar-refractivity contribution in [3.63, 3.8) is 0 Å². The van der Waals surface area contributed by atoms with Gasteiger partial charge in [-0.3, -0.25) is 9.80 Å². The van der Waals surface area contributed by atoms with E-state index >= 15 is 0 Å². The zero-order chi connectivity index (χ0) is 15.4. The van der Waals surface area contributed by atoms with Crippen LogP contribution < -0.4 is 0 Å². The Morgan fingerprint density at radius 2 is 1.77 bits per heavy atom. The van der Waals surface area contributed by atoms with Gasteiger partial charge in [-0.2, -0.15) is 0 Å². The number of fused-ring (bicyclic) bond motifs is 1. The van der Waals surface area contributed by atoms with Crippen LogP contribution in [0.15, 0.2) is 18.2 Å². The Labute approximate surface area is 135 Å². The topological polar surface area (TPSA) is 15.7 Å². The van der Waals surface area contributed by atoms with Gasteiger partial charge in [-0.15, -0.1) is 0 Å². The largest absolute Gasteiger partial charge is 0.379 e. The van der Waals surface area contributed by atoms with Gasteiger partial charge in [-0.05, 0) is 48.5 Å². The second-order valence-electron chi connectivity index (χ2n) is 7.02. The van der Waals surface area contributed by atoms with Crippen molar-refractivity contribution in [1.29, 1.82) is 0 Å². The molecule has 0 saturated carbocycles. The van der Waals surface area contributed by atoms with Crippen molar-refractivity contribution in [1.82, 2.24) is 9.80 Å². The van der Waals surface area contributed by atoms with Gasteiger partial charge in [0, 0.05) is 26.2 Å². The molecule has 1 aromatic rings. The second kappa shape index (κ2) is 7.58. The maximum atomic E-state index is 5.41. The molecule has 0 bridgehead atoms. The smallest absolute Gasteiger partial charge is 0.0594 e. The third kappa shape index (κ3) is 4.09. The summed E-state index contributed by atoms with van der Waals surface area (Å²) in [4.78, 5) is 5.17. The standard InChI is InChI=1S/C19H30N2O/c1-16(2)18-5-4-17-6-9-21(15-19(17)14-18)8-3-7-20-10-12-22-13-11-20/h4-5,14,16H,3,6-13,15H2,1-2H3.